The first-order valence-corrected chi connectivity index (χ1v) is 9.84. The molecule has 1 aromatic carbocycles. The van der Waals surface area contributed by atoms with Gasteiger partial charge in [-0.2, -0.15) is 0 Å². The fourth-order valence-electron chi connectivity index (χ4n) is 1.91. The molecule has 0 aliphatic heterocycles. The Morgan fingerprint density at radius 3 is 2.29 bits per heavy atom. The van der Waals surface area contributed by atoms with E-state index in [9.17, 15) is 21.6 Å². The standard InChI is InChI=1S/C13H18O6S2/c1-3-20(16,17)8-5-9-21(18,19)12-7-4-6-11(10(12)2)13(14)15/h4,6-7H,3,5,8-9H2,1-2H3,(H,14,15). The molecule has 118 valence electrons. The Morgan fingerprint density at radius 1 is 1.14 bits per heavy atom. The molecule has 6 nitrogen and oxygen atoms in total. The Morgan fingerprint density at radius 2 is 1.76 bits per heavy atom. The first kappa shape index (κ1) is 17.6. The van der Waals surface area contributed by atoms with Crippen molar-refractivity contribution in [3.63, 3.8) is 0 Å². The lowest BCUT2D eigenvalue weighted by Gasteiger charge is -2.09. The molecule has 0 atom stereocenters. The average Bonchev–Trinajstić information content (AvgIpc) is 2.37. The van der Waals surface area contributed by atoms with Crippen molar-refractivity contribution in [1.82, 2.24) is 0 Å². The van der Waals surface area contributed by atoms with Crippen LogP contribution in [0.4, 0.5) is 0 Å². The van der Waals surface area contributed by atoms with E-state index >= 15 is 0 Å². The smallest absolute Gasteiger partial charge is 0.335 e. The van der Waals surface area contributed by atoms with Gasteiger partial charge < -0.3 is 5.11 Å². The molecule has 1 rings (SSSR count). The van der Waals surface area contributed by atoms with E-state index < -0.39 is 25.6 Å². The highest BCUT2D eigenvalue weighted by atomic mass is 32.2. The van der Waals surface area contributed by atoms with E-state index in [1.165, 1.54) is 32.0 Å². The third-order valence-electron chi connectivity index (χ3n) is 3.16. The van der Waals surface area contributed by atoms with E-state index in [1.807, 2.05) is 0 Å². The van der Waals surface area contributed by atoms with Crippen LogP contribution in [-0.2, 0) is 19.7 Å². The van der Waals surface area contributed by atoms with E-state index in [-0.39, 0.29) is 39.7 Å². The summed E-state index contributed by atoms with van der Waals surface area (Å²) in [5, 5.41) is 9.00. The van der Waals surface area contributed by atoms with Crippen LogP contribution in [0.15, 0.2) is 23.1 Å². The van der Waals surface area contributed by atoms with Crippen LogP contribution in [-0.4, -0.2) is 45.2 Å². The Kier molecular flexibility index (Phi) is 5.52. The summed E-state index contributed by atoms with van der Waals surface area (Å²) in [5.41, 5.74) is 0.0978. The summed E-state index contributed by atoms with van der Waals surface area (Å²) in [5.74, 6) is -1.74. The molecule has 0 saturated carbocycles. The molecule has 0 amide bonds. The normalized spacial score (nSPS) is 12.3. The van der Waals surface area contributed by atoms with E-state index in [2.05, 4.69) is 0 Å². The first-order valence-electron chi connectivity index (χ1n) is 6.37. The molecule has 0 aliphatic rings. The second-order valence-corrected chi connectivity index (χ2v) is 9.19. The lowest BCUT2D eigenvalue weighted by molar-refractivity contribution is 0.0695. The predicted octanol–water partition coefficient (Wildman–Crippen LogP) is 1.29. The summed E-state index contributed by atoms with van der Waals surface area (Å²) in [6, 6.07) is 4.04. The molecule has 21 heavy (non-hydrogen) atoms. The molecule has 0 heterocycles. The fraction of sp³-hybridized carbons (Fsp3) is 0.462. The Bertz CT molecular complexity index is 732. The predicted molar refractivity (Wildman–Crippen MR) is 79.1 cm³/mol. The zero-order valence-corrected chi connectivity index (χ0v) is 13.5. The van der Waals surface area contributed by atoms with Crippen molar-refractivity contribution < 1.29 is 26.7 Å². The summed E-state index contributed by atoms with van der Waals surface area (Å²) < 4.78 is 47.1. The monoisotopic (exact) mass is 334 g/mol. The van der Waals surface area contributed by atoms with Crippen molar-refractivity contribution in [3.05, 3.63) is 29.3 Å². The van der Waals surface area contributed by atoms with Gasteiger partial charge in [-0.05, 0) is 31.0 Å². The molecule has 1 aromatic rings. The molecular formula is C13H18O6S2. The van der Waals surface area contributed by atoms with Crippen LogP contribution in [0.3, 0.4) is 0 Å². The topological polar surface area (TPSA) is 106 Å². The highest BCUT2D eigenvalue weighted by Crippen LogP contribution is 2.21. The number of hydrogen-bond acceptors (Lipinski definition) is 5. The third kappa shape index (κ3) is 4.53. The van der Waals surface area contributed by atoms with E-state index in [0.29, 0.717) is 0 Å². The van der Waals surface area contributed by atoms with Crippen molar-refractivity contribution in [2.45, 2.75) is 25.2 Å². The second kappa shape index (κ2) is 6.57. The van der Waals surface area contributed by atoms with Crippen molar-refractivity contribution in [3.8, 4) is 0 Å². The quantitative estimate of drug-likeness (QED) is 0.805. The zero-order chi connectivity index (χ0) is 16.3. The minimum absolute atomic E-state index is 0.00472. The fourth-order valence-corrected chi connectivity index (χ4v) is 4.57. The largest absolute Gasteiger partial charge is 0.478 e. The van der Waals surface area contributed by atoms with Gasteiger partial charge in [-0.1, -0.05) is 13.0 Å². The van der Waals surface area contributed by atoms with Crippen molar-refractivity contribution >= 4 is 25.6 Å². The summed E-state index contributed by atoms with van der Waals surface area (Å²) in [6.45, 7) is 2.93. The van der Waals surface area contributed by atoms with Gasteiger partial charge in [0.05, 0.1) is 22.0 Å². The van der Waals surface area contributed by atoms with Crippen LogP contribution < -0.4 is 0 Å². The molecule has 0 fully saturated rings. The van der Waals surface area contributed by atoms with Crippen LogP contribution in [0.1, 0.15) is 29.3 Å². The molecule has 0 unspecified atom stereocenters. The molecule has 0 aromatic heterocycles. The van der Waals surface area contributed by atoms with Crippen molar-refractivity contribution in [1.29, 1.82) is 0 Å². The number of aromatic carboxylic acids is 1. The number of carbonyl (C=O) groups is 1. The van der Waals surface area contributed by atoms with Gasteiger partial charge in [0.1, 0.15) is 9.84 Å². The van der Waals surface area contributed by atoms with Gasteiger partial charge in [-0.3, -0.25) is 0 Å². The molecule has 0 aliphatic carbocycles. The number of benzene rings is 1. The molecule has 0 spiro atoms. The maximum absolute atomic E-state index is 12.2. The van der Waals surface area contributed by atoms with Crippen molar-refractivity contribution in [2.75, 3.05) is 17.3 Å². The minimum atomic E-state index is -3.71. The summed E-state index contributed by atoms with van der Waals surface area (Å²) >= 11 is 0. The number of rotatable bonds is 7. The van der Waals surface area contributed by atoms with Crippen LogP contribution in [0.5, 0.6) is 0 Å². The Hall–Kier alpha value is -1.41. The van der Waals surface area contributed by atoms with Crippen LogP contribution in [0.25, 0.3) is 0 Å². The van der Waals surface area contributed by atoms with Gasteiger partial charge in [-0.15, -0.1) is 0 Å². The number of carboxylic acid groups (broad SMARTS) is 1. The molecule has 0 saturated heterocycles. The van der Waals surface area contributed by atoms with Crippen molar-refractivity contribution in [2.24, 2.45) is 0 Å². The first-order chi connectivity index (χ1) is 9.60. The minimum Gasteiger partial charge on any atom is -0.478 e. The summed E-state index contributed by atoms with van der Waals surface area (Å²) in [4.78, 5) is 11.0. The average molecular weight is 334 g/mol. The molecule has 8 heteroatoms. The van der Waals surface area contributed by atoms with Gasteiger partial charge in [0, 0.05) is 5.75 Å². The third-order valence-corrected chi connectivity index (χ3v) is 6.89. The van der Waals surface area contributed by atoms with Crippen LogP contribution in [0.2, 0.25) is 0 Å². The maximum Gasteiger partial charge on any atom is 0.335 e. The number of hydrogen-bond donors (Lipinski definition) is 1. The molecule has 0 bridgehead atoms. The SMILES string of the molecule is CCS(=O)(=O)CCCS(=O)(=O)c1cccc(C(=O)O)c1C. The van der Waals surface area contributed by atoms with Crippen LogP contribution in [0, 0.1) is 6.92 Å². The number of carboxylic acids is 1. The maximum atomic E-state index is 12.2. The molecule has 0 radical (unpaired) electrons. The lowest BCUT2D eigenvalue weighted by atomic mass is 10.1. The second-order valence-electron chi connectivity index (χ2n) is 4.64. The lowest BCUT2D eigenvalue weighted by Crippen LogP contribution is -2.16. The van der Waals surface area contributed by atoms with E-state index in [0.717, 1.165) is 0 Å². The van der Waals surface area contributed by atoms with Gasteiger partial charge >= 0.3 is 5.97 Å². The van der Waals surface area contributed by atoms with Gasteiger partial charge in [-0.25, -0.2) is 21.6 Å². The Balaban J connectivity index is 2.99. The summed E-state index contributed by atoms with van der Waals surface area (Å²) in [7, 11) is -6.92. The van der Waals surface area contributed by atoms with Gasteiger partial charge in [0.25, 0.3) is 0 Å². The van der Waals surface area contributed by atoms with Gasteiger partial charge in [0.15, 0.2) is 9.84 Å². The molecular weight excluding hydrogens is 316 g/mol. The van der Waals surface area contributed by atoms with E-state index in [1.54, 1.807) is 0 Å². The highest BCUT2D eigenvalue weighted by Gasteiger charge is 2.21. The molecule has 1 N–H and O–H groups in total. The van der Waals surface area contributed by atoms with Crippen LogP contribution >= 0.6 is 0 Å². The van der Waals surface area contributed by atoms with E-state index in [4.69, 9.17) is 5.11 Å². The zero-order valence-electron chi connectivity index (χ0n) is 11.9. The summed E-state index contributed by atoms with van der Waals surface area (Å²) in [6.07, 6.45) is -0.00472. The number of sulfone groups is 2. The van der Waals surface area contributed by atoms with Gasteiger partial charge in [0.2, 0.25) is 0 Å². The Labute approximate surface area is 124 Å². The highest BCUT2D eigenvalue weighted by molar-refractivity contribution is 7.92.